The van der Waals surface area contributed by atoms with Crippen LogP contribution in [0.15, 0.2) is 11.6 Å². The van der Waals surface area contributed by atoms with E-state index in [0.717, 1.165) is 32.1 Å². The minimum Gasteiger partial charge on any atom is -0.0856 e. The average molecular weight is 199 g/mol. The van der Waals surface area contributed by atoms with Gasteiger partial charge in [-0.1, -0.05) is 57.6 Å². The van der Waals surface area contributed by atoms with Crippen LogP contribution in [0.1, 0.15) is 82.6 Å². The van der Waals surface area contributed by atoms with Crippen molar-refractivity contribution in [2.45, 2.75) is 78.5 Å². The molecule has 0 saturated carbocycles. The molecule has 0 aromatic heterocycles. The van der Waals surface area contributed by atoms with E-state index in [2.05, 4.69) is 13.8 Å². The number of hydrogen-bond donors (Lipinski definition) is 0. The van der Waals surface area contributed by atoms with Gasteiger partial charge in [0.15, 0.2) is 0 Å². The Morgan fingerprint density at radius 1 is 1.00 bits per heavy atom. The Morgan fingerprint density at radius 3 is 2.36 bits per heavy atom. The highest BCUT2D eigenvalue weighted by atomic mass is 14.0. The van der Waals surface area contributed by atoms with E-state index in [1.807, 2.05) is 6.08 Å². The van der Waals surface area contributed by atoms with Gasteiger partial charge in [0.05, 0.1) is 0 Å². The minimum atomic E-state index is -1.88. The molecule has 0 radical (unpaired) electrons. The van der Waals surface area contributed by atoms with Crippen LogP contribution in [0.4, 0.5) is 0 Å². The van der Waals surface area contributed by atoms with Gasteiger partial charge in [-0.15, -0.1) is 0 Å². The van der Waals surface area contributed by atoms with Crippen LogP contribution < -0.4 is 0 Å². The van der Waals surface area contributed by atoms with Crippen molar-refractivity contribution in [3.63, 3.8) is 0 Å². The third-order valence-corrected chi connectivity index (χ3v) is 2.50. The first-order valence-corrected chi connectivity index (χ1v) is 6.21. The summed E-state index contributed by atoms with van der Waals surface area (Å²) < 4.78 is 22.4. The van der Waals surface area contributed by atoms with Gasteiger partial charge in [0.25, 0.3) is 0 Å². The quantitative estimate of drug-likeness (QED) is 0.340. The van der Waals surface area contributed by atoms with E-state index in [4.69, 9.17) is 4.11 Å². The molecule has 0 aromatic carbocycles. The lowest BCUT2D eigenvalue weighted by Gasteiger charge is -2.00. The van der Waals surface area contributed by atoms with E-state index >= 15 is 0 Å². The molecule has 0 nitrogen and oxygen atoms in total. The van der Waals surface area contributed by atoms with Crippen molar-refractivity contribution in [1.29, 1.82) is 0 Å². The lowest BCUT2D eigenvalue weighted by molar-refractivity contribution is 0.635. The molecule has 0 bridgehead atoms. The van der Waals surface area contributed by atoms with Gasteiger partial charge < -0.3 is 0 Å². The second-order valence-corrected chi connectivity index (χ2v) is 4.04. The van der Waals surface area contributed by atoms with Crippen LogP contribution in [0.2, 0.25) is 0 Å². The molecule has 0 heteroatoms. The summed E-state index contributed by atoms with van der Waals surface area (Å²) in [5.74, 6) is 0. The van der Waals surface area contributed by atoms with Gasteiger partial charge in [0.1, 0.15) is 0 Å². The molecule has 0 fully saturated rings. The van der Waals surface area contributed by atoms with E-state index in [-0.39, 0.29) is 0 Å². The highest BCUT2D eigenvalue weighted by Gasteiger charge is 1.90. The molecule has 0 aliphatic heterocycles. The highest BCUT2D eigenvalue weighted by Crippen LogP contribution is 2.10. The molecule has 84 valence electrons. The smallest absolute Gasteiger partial charge is 0.0276 e. The van der Waals surface area contributed by atoms with Gasteiger partial charge in [-0.3, -0.25) is 0 Å². The maximum Gasteiger partial charge on any atom is 0.0276 e. The lowest BCUT2D eigenvalue weighted by atomic mass is 10.1. The van der Waals surface area contributed by atoms with Crippen LogP contribution in [0, 0.1) is 0 Å². The Labute approximate surface area is 95.0 Å². The van der Waals surface area contributed by atoms with Crippen molar-refractivity contribution in [3.05, 3.63) is 11.6 Å². The molecule has 0 amide bonds. The molecule has 14 heavy (non-hydrogen) atoms. The fourth-order valence-corrected chi connectivity index (χ4v) is 1.49. The summed E-state index contributed by atoms with van der Waals surface area (Å²) in [6, 6.07) is 0. The molecular formula is C14H28. The SMILES string of the molecule is [2H]C([2H])([2H])/C(=C/CCCCCCC)CCCC. The Kier molecular flexibility index (Phi) is 6.96. The maximum atomic E-state index is 7.48. The average Bonchev–Trinajstić information content (AvgIpc) is 2.25. The Morgan fingerprint density at radius 2 is 1.71 bits per heavy atom. The zero-order valence-corrected chi connectivity index (χ0v) is 9.94. The van der Waals surface area contributed by atoms with Gasteiger partial charge >= 0.3 is 0 Å². The Balaban J connectivity index is 3.94. The predicted octanol–water partition coefficient (Wildman–Crippen LogP) is 5.48. The van der Waals surface area contributed by atoms with Crippen molar-refractivity contribution in [2.24, 2.45) is 0 Å². The molecule has 0 aliphatic rings. The molecular weight excluding hydrogens is 168 g/mol. The van der Waals surface area contributed by atoms with Gasteiger partial charge in [0, 0.05) is 4.11 Å². The summed E-state index contributed by atoms with van der Waals surface area (Å²) >= 11 is 0. The Hall–Kier alpha value is -0.260. The van der Waals surface area contributed by atoms with Crippen molar-refractivity contribution in [3.8, 4) is 0 Å². The van der Waals surface area contributed by atoms with Gasteiger partial charge in [-0.05, 0) is 32.5 Å². The normalized spacial score (nSPS) is 16.1. The van der Waals surface area contributed by atoms with Crippen LogP contribution in [-0.2, 0) is 0 Å². The van der Waals surface area contributed by atoms with Gasteiger partial charge in [-0.2, -0.15) is 0 Å². The van der Waals surface area contributed by atoms with Crippen molar-refractivity contribution >= 4 is 0 Å². The molecule has 0 atom stereocenters. The monoisotopic (exact) mass is 199 g/mol. The van der Waals surface area contributed by atoms with Gasteiger partial charge in [-0.25, -0.2) is 0 Å². The second-order valence-electron chi connectivity index (χ2n) is 4.04. The summed E-state index contributed by atoms with van der Waals surface area (Å²) in [5.41, 5.74) is 0.676. The van der Waals surface area contributed by atoms with Gasteiger partial charge in [0.2, 0.25) is 0 Å². The first kappa shape index (κ1) is 9.00. The minimum absolute atomic E-state index is 0.676. The van der Waals surface area contributed by atoms with E-state index in [9.17, 15) is 0 Å². The maximum absolute atomic E-state index is 7.48. The van der Waals surface area contributed by atoms with E-state index < -0.39 is 6.85 Å². The first-order valence-electron chi connectivity index (χ1n) is 7.71. The number of hydrogen-bond acceptors (Lipinski definition) is 0. The fourth-order valence-electron chi connectivity index (χ4n) is 1.49. The van der Waals surface area contributed by atoms with Crippen molar-refractivity contribution in [2.75, 3.05) is 0 Å². The van der Waals surface area contributed by atoms with E-state index in [1.54, 1.807) is 0 Å². The molecule has 0 aromatic rings. The zero-order chi connectivity index (χ0) is 13.1. The Bertz CT molecular complexity index is 204. The topological polar surface area (TPSA) is 0 Å². The summed E-state index contributed by atoms with van der Waals surface area (Å²) in [5, 5.41) is 0. The summed E-state index contributed by atoms with van der Waals surface area (Å²) in [7, 11) is 0. The molecule has 0 unspecified atom stereocenters. The molecule has 0 rings (SSSR count). The van der Waals surface area contributed by atoms with Crippen LogP contribution >= 0.6 is 0 Å². The molecule has 0 saturated heterocycles. The number of allylic oxidation sites excluding steroid dienone is 2. The van der Waals surface area contributed by atoms with E-state index in [1.165, 1.54) is 25.7 Å². The molecule has 0 N–H and O–H groups in total. The van der Waals surface area contributed by atoms with Crippen molar-refractivity contribution < 1.29 is 4.11 Å². The summed E-state index contributed by atoms with van der Waals surface area (Å²) in [6.45, 7) is 2.43. The molecule has 0 aliphatic carbocycles. The van der Waals surface area contributed by atoms with Crippen molar-refractivity contribution in [1.82, 2.24) is 0 Å². The van der Waals surface area contributed by atoms with E-state index in [0.29, 0.717) is 5.57 Å². The number of unbranched alkanes of at least 4 members (excludes halogenated alkanes) is 6. The molecule has 0 heterocycles. The summed E-state index contributed by atoms with van der Waals surface area (Å²) in [4.78, 5) is 0. The molecule has 0 spiro atoms. The first-order chi connectivity index (χ1) is 8.02. The third-order valence-electron chi connectivity index (χ3n) is 2.50. The summed E-state index contributed by atoms with van der Waals surface area (Å²) in [6.07, 6.45) is 11.9. The fraction of sp³-hybridized carbons (Fsp3) is 0.857. The third kappa shape index (κ3) is 9.83. The lowest BCUT2D eigenvalue weighted by Crippen LogP contribution is -1.80. The standard InChI is InChI=1S/C14H28/c1-4-6-8-9-10-11-13-14(3)12-7-5-2/h13H,4-12H2,1-3H3/b14-13-/i3D3. The predicted molar refractivity (Wildman–Crippen MR) is 66.7 cm³/mol. The highest BCUT2D eigenvalue weighted by molar-refractivity contribution is 4.97. The van der Waals surface area contributed by atoms with Crippen LogP contribution in [0.3, 0.4) is 0 Å². The zero-order valence-electron chi connectivity index (χ0n) is 12.9. The second kappa shape index (κ2) is 10.8. The van der Waals surface area contributed by atoms with Crippen LogP contribution in [-0.4, -0.2) is 0 Å². The number of rotatable bonds is 9. The largest absolute Gasteiger partial charge is 0.0856 e. The van der Waals surface area contributed by atoms with Crippen LogP contribution in [0.25, 0.3) is 0 Å². The van der Waals surface area contributed by atoms with Crippen LogP contribution in [0.5, 0.6) is 0 Å².